The molecule has 1 aromatic heterocycles. The lowest BCUT2D eigenvalue weighted by molar-refractivity contribution is 0.00578. The molecule has 2 aromatic rings. The topological polar surface area (TPSA) is 36.3 Å². The third-order valence-electron chi connectivity index (χ3n) is 4.84. The first-order valence-electron chi connectivity index (χ1n) is 7.56. The Hall–Kier alpha value is -1.33. The molecule has 4 nitrogen and oxygen atoms in total. The van der Waals surface area contributed by atoms with Crippen molar-refractivity contribution in [2.45, 2.75) is 52.2 Å². The number of imidazole rings is 1. The molecular formula is C16H23BN2O2. The minimum Gasteiger partial charge on any atom is -0.399 e. The van der Waals surface area contributed by atoms with E-state index in [0.717, 1.165) is 28.7 Å². The minimum absolute atomic E-state index is 0.314. The van der Waals surface area contributed by atoms with Crippen LogP contribution < -0.4 is 5.46 Å². The van der Waals surface area contributed by atoms with E-state index in [9.17, 15) is 0 Å². The van der Waals surface area contributed by atoms with Crippen LogP contribution in [0.25, 0.3) is 11.0 Å². The minimum atomic E-state index is -0.327. The van der Waals surface area contributed by atoms with Gasteiger partial charge in [-0.15, -0.1) is 0 Å². The Morgan fingerprint density at radius 3 is 2.33 bits per heavy atom. The Bertz CT molecular complexity index is 675. The average Bonchev–Trinajstić information content (AvgIpc) is 2.84. The summed E-state index contributed by atoms with van der Waals surface area (Å²) in [5.41, 5.74) is 2.55. The van der Waals surface area contributed by atoms with Crippen LogP contribution in [0.1, 0.15) is 40.4 Å². The SMILES string of the molecule is CCc1nc2cc(B3OC(C)(C)C(C)(C)O3)ccc2n1C. The fraction of sp³-hybridized carbons (Fsp3) is 0.562. The van der Waals surface area contributed by atoms with Crippen molar-refractivity contribution in [3.63, 3.8) is 0 Å². The molecule has 5 heteroatoms. The van der Waals surface area contributed by atoms with Gasteiger partial charge in [0.1, 0.15) is 5.82 Å². The maximum Gasteiger partial charge on any atom is 0.494 e. The molecule has 1 fully saturated rings. The molecular weight excluding hydrogens is 263 g/mol. The zero-order valence-electron chi connectivity index (χ0n) is 13.7. The van der Waals surface area contributed by atoms with E-state index >= 15 is 0 Å². The smallest absolute Gasteiger partial charge is 0.399 e. The maximum atomic E-state index is 6.11. The normalized spacial score (nSPS) is 20.4. The molecule has 0 bridgehead atoms. The highest BCUT2D eigenvalue weighted by molar-refractivity contribution is 6.62. The van der Waals surface area contributed by atoms with Crippen molar-refractivity contribution in [1.82, 2.24) is 9.55 Å². The molecule has 0 spiro atoms. The number of hydrogen-bond acceptors (Lipinski definition) is 3. The monoisotopic (exact) mass is 286 g/mol. The fourth-order valence-corrected chi connectivity index (χ4v) is 2.71. The van der Waals surface area contributed by atoms with Crippen LogP contribution in [-0.4, -0.2) is 27.9 Å². The van der Waals surface area contributed by atoms with Gasteiger partial charge in [-0.1, -0.05) is 13.0 Å². The molecule has 0 radical (unpaired) electrons. The molecule has 1 aliphatic rings. The van der Waals surface area contributed by atoms with E-state index in [1.165, 1.54) is 0 Å². The molecule has 0 saturated carbocycles. The molecule has 3 rings (SSSR count). The molecule has 21 heavy (non-hydrogen) atoms. The summed E-state index contributed by atoms with van der Waals surface area (Å²) in [6.07, 6.45) is 0.928. The van der Waals surface area contributed by atoms with Crippen molar-refractivity contribution < 1.29 is 9.31 Å². The van der Waals surface area contributed by atoms with Gasteiger partial charge in [0.25, 0.3) is 0 Å². The Morgan fingerprint density at radius 1 is 1.14 bits per heavy atom. The predicted molar refractivity (Wildman–Crippen MR) is 85.8 cm³/mol. The highest BCUT2D eigenvalue weighted by Gasteiger charge is 2.51. The lowest BCUT2D eigenvalue weighted by Gasteiger charge is -2.32. The first kappa shape index (κ1) is 14.6. The number of benzene rings is 1. The van der Waals surface area contributed by atoms with Gasteiger partial charge in [0.05, 0.1) is 22.2 Å². The van der Waals surface area contributed by atoms with Crippen molar-refractivity contribution >= 4 is 23.6 Å². The summed E-state index contributed by atoms with van der Waals surface area (Å²) in [7, 11) is 1.73. The van der Waals surface area contributed by atoms with Crippen LogP contribution in [0.15, 0.2) is 18.2 Å². The van der Waals surface area contributed by atoms with E-state index in [0.29, 0.717) is 0 Å². The van der Waals surface area contributed by atoms with Crippen LogP contribution >= 0.6 is 0 Å². The molecule has 1 aliphatic heterocycles. The summed E-state index contributed by atoms with van der Waals surface area (Å²) in [6.45, 7) is 10.4. The average molecular weight is 286 g/mol. The van der Waals surface area contributed by atoms with Gasteiger partial charge in [0.2, 0.25) is 0 Å². The molecule has 0 N–H and O–H groups in total. The van der Waals surface area contributed by atoms with Crippen LogP contribution in [0.2, 0.25) is 0 Å². The summed E-state index contributed by atoms with van der Waals surface area (Å²) in [5, 5.41) is 0. The number of aromatic nitrogens is 2. The van der Waals surface area contributed by atoms with Crippen LogP contribution in [0.3, 0.4) is 0 Å². The number of nitrogens with zero attached hydrogens (tertiary/aromatic N) is 2. The van der Waals surface area contributed by atoms with Crippen LogP contribution in [0, 0.1) is 0 Å². The highest BCUT2D eigenvalue weighted by atomic mass is 16.7. The maximum absolute atomic E-state index is 6.11. The summed E-state index contributed by atoms with van der Waals surface area (Å²) >= 11 is 0. The second-order valence-electron chi connectivity index (χ2n) is 6.78. The van der Waals surface area contributed by atoms with Gasteiger partial charge in [-0.05, 0) is 45.3 Å². The first-order chi connectivity index (χ1) is 9.75. The van der Waals surface area contributed by atoms with Crippen LogP contribution in [0.5, 0.6) is 0 Å². The second kappa shape index (κ2) is 4.58. The third kappa shape index (κ3) is 2.19. The van der Waals surface area contributed by atoms with E-state index in [2.05, 4.69) is 69.4 Å². The first-order valence-corrected chi connectivity index (χ1v) is 7.56. The van der Waals surface area contributed by atoms with E-state index in [1.54, 1.807) is 0 Å². The number of fused-ring (bicyclic) bond motifs is 1. The van der Waals surface area contributed by atoms with E-state index < -0.39 is 0 Å². The fourth-order valence-electron chi connectivity index (χ4n) is 2.71. The Kier molecular flexibility index (Phi) is 3.19. The van der Waals surface area contributed by atoms with Crippen LogP contribution in [-0.2, 0) is 22.8 Å². The van der Waals surface area contributed by atoms with Crippen molar-refractivity contribution in [2.75, 3.05) is 0 Å². The van der Waals surface area contributed by atoms with E-state index in [-0.39, 0.29) is 18.3 Å². The molecule has 0 amide bonds. The quantitative estimate of drug-likeness (QED) is 0.796. The van der Waals surface area contributed by atoms with Crippen molar-refractivity contribution in [1.29, 1.82) is 0 Å². The standard InChI is InChI=1S/C16H23BN2O2/c1-7-14-18-12-10-11(8-9-13(12)19(14)6)17-20-15(2,3)16(4,5)21-17/h8-10H,7H2,1-6H3. The molecule has 0 aliphatic carbocycles. The zero-order chi connectivity index (χ0) is 15.4. The summed E-state index contributed by atoms with van der Waals surface area (Å²) < 4.78 is 14.4. The molecule has 2 heterocycles. The Balaban J connectivity index is 1.99. The molecule has 112 valence electrons. The Morgan fingerprint density at radius 2 is 1.76 bits per heavy atom. The van der Waals surface area contributed by atoms with Crippen molar-refractivity contribution in [3.8, 4) is 0 Å². The molecule has 1 aromatic carbocycles. The van der Waals surface area contributed by atoms with E-state index in [4.69, 9.17) is 9.31 Å². The molecule has 1 saturated heterocycles. The third-order valence-corrected chi connectivity index (χ3v) is 4.84. The van der Waals surface area contributed by atoms with E-state index in [1.807, 2.05) is 0 Å². The van der Waals surface area contributed by atoms with Gasteiger partial charge >= 0.3 is 7.12 Å². The van der Waals surface area contributed by atoms with Gasteiger partial charge in [0, 0.05) is 13.5 Å². The van der Waals surface area contributed by atoms with Gasteiger partial charge in [-0.2, -0.15) is 0 Å². The zero-order valence-corrected chi connectivity index (χ0v) is 13.7. The molecule has 0 atom stereocenters. The predicted octanol–water partition coefficient (Wildman–Crippen LogP) is 2.43. The van der Waals surface area contributed by atoms with Crippen molar-refractivity contribution in [3.05, 3.63) is 24.0 Å². The number of rotatable bonds is 2. The number of aryl methyl sites for hydroxylation is 2. The van der Waals surface area contributed by atoms with Gasteiger partial charge in [-0.25, -0.2) is 4.98 Å². The molecule has 0 unspecified atom stereocenters. The van der Waals surface area contributed by atoms with Gasteiger partial charge < -0.3 is 13.9 Å². The lowest BCUT2D eigenvalue weighted by Crippen LogP contribution is -2.41. The lowest BCUT2D eigenvalue weighted by atomic mass is 9.79. The van der Waals surface area contributed by atoms with Crippen molar-refractivity contribution in [2.24, 2.45) is 7.05 Å². The van der Waals surface area contributed by atoms with Crippen LogP contribution in [0.4, 0.5) is 0 Å². The summed E-state index contributed by atoms with van der Waals surface area (Å²) in [4.78, 5) is 4.69. The summed E-state index contributed by atoms with van der Waals surface area (Å²) in [5.74, 6) is 1.09. The number of hydrogen-bond donors (Lipinski definition) is 0. The van der Waals surface area contributed by atoms with Gasteiger partial charge in [-0.3, -0.25) is 0 Å². The highest BCUT2D eigenvalue weighted by Crippen LogP contribution is 2.36. The Labute approximate surface area is 126 Å². The largest absolute Gasteiger partial charge is 0.494 e. The second-order valence-corrected chi connectivity index (χ2v) is 6.78. The van der Waals surface area contributed by atoms with Gasteiger partial charge in [0.15, 0.2) is 0 Å². The summed E-state index contributed by atoms with van der Waals surface area (Å²) in [6, 6.07) is 6.25.